The molecule has 2 heterocycles. The summed E-state index contributed by atoms with van der Waals surface area (Å²) in [5, 5.41) is 7.53. The highest BCUT2D eigenvalue weighted by atomic mass is 79.9. The van der Waals surface area contributed by atoms with Crippen LogP contribution in [-0.2, 0) is 6.54 Å². The van der Waals surface area contributed by atoms with Crippen LogP contribution in [0.1, 0.15) is 11.1 Å². The van der Waals surface area contributed by atoms with E-state index in [0.717, 1.165) is 22.5 Å². The Morgan fingerprint density at radius 1 is 1.24 bits per heavy atom. The van der Waals surface area contributed by atoms with Crippen LogP contribution < -0.4 is 5.32 Å². The summed E-state index contributed by atoms with van der Waals surface area (Å²) in [4.78, 5) is 4.40. The van der Waals surface area contributed by atoms with Gasteiger partial charge >= 0.3 is 0 Å². The lowest BCUT2D eigenvalue weighted by Gasteiger charge is -2.09. The van der Waals surface area contributed by atoms with Gasteiger partial charge < -0.3 is 5.32 Å². The monoisotopic (exact) mass is 342 g/mol. The van der Waals surface area contributed by atoms with Crippen molar-refractivity contribution >= 4 is 21.6 Å². The van der Waals surface area contributed by atoms with Crippen molar-refractivity contribution in [2.24, 2.45) is 0 Å². The van der Waals surface area contributed by atoms with Gasteiger partial charge in [-0.1, -0.05) is 28.1 Å². The number of rotatable bonds is 4. The Balaban J connectivity index is 1.68. The molecule has 0 saturated heterocycles. The van der Waals surface area contributed by atoms with Gasteiger partial charge in [-0.2, -0.15) is 5.10 Å². The first-order chi connectivity index (χ1) is 10.2. The molecule has 1 N–H and O–H groups in total. The number of aromatic nitrogens is 3. The Morgan fingerprint density at radius 2 is 2.14 bits per heavy atom. The smallest absolute Gasteiger partial charge is 0.153 e. The molecule has 0 aliphatic heterocycles. The SMILES string of the molecule is Cc1ccc(CNc2ccc(-n3cccn3)nc2)c(Br)c1. The maximum absolute atomic E-state index is 4.40. The van der Waals surface area contributed by atoms with E-state index in [1.54, 1.807) is 10.9 Å². The first-order valence-electron chi connectivity index (χ1n) is 6.67. The van der Waals surface area contributed by atoms with E-state index < -0.39 is 0 Å². The third-order valence-electron chi connectivity index (χ3n) is 3.18. The Hall–Kier alpha value is -2.14. The van der Waals surface area contributed by atoms with Crippen LogP contribution in [0.4, 0.5) is 5.69 Å². The van der Waals surface area contributed by atoms with Crippen LogP contribution in [0.5, 0.6) is 0 Å². The molecule has 3 aromatic rings. The van der Waals surface area contributed by atoms with E-state index in [4.69, 9.17) is 0 Å². The highest BCUT2D eigenvalue weighted by molar-refractivity contribution is 9.10. The molecule has 0 aliphatic rings. The summed E-state index contributed by atoms with van der Waals surface area (Å²) in [6, 6.07) is 12.2. The number of benzene rings is 1. The normalized spacial score (nSPS) is 10.6. The van der Waals surface area contributed by atoms with Gasteiger partial charge in [0, 0.05) is 23.4 Å². The standard InChI is InChI=1S/C16H15BrN4/c1-12-3-4-13(15(17)9-12)10-18-14-5-6-16(19-11-14)21-8-2-7-20-21/h2-9,11,18H,10H2,1H3. The number of aryl methyl sites for hydroxylation is 1. The molecule has 0 amide bonds. The molecule has 0 aliphatic carbocycles. The van der Waals surface area contributed by atoms with Gasteiger partial charge in [0.15, 0.2) is 5.82 Å². The van der Waals surface area contributed by atoms with Gasteiger partial charge in [-0.05, 0) is 42.3 Å². The molecule has 4 nitrogen and oxygen atoms in total. The topological polar surface area (TPSA) is 42.7 Å². The van der Waals surface area contributed by atoms with Gasteiger partial charge in [-0.15, -0.1) is 0 Å². The lowest BCUT2D eigenvalue weighted by atomic mass is 10.1. The number of hydrogen-bond acceptors (Lipinski definition) is 3. The van der Waals surface area contributed by atoms with Crippen molar-refractivity contribution < 1.29 is 0 Å². The van der Waals surface area contributed by atoms with Crippen LogP contribution in [0.3, 0.4) is 0 Å². The van der Waals surface area contributed by atoms with Crippen LogP contribution in [0.15, 0.2) is 59.5 Å². The molecule has 0 unspecified atom stereocenters. The number of halogens is 1. The van der Waals surface area contributed by atoms with Crippen molar-refractivity contribution in [3.8, 4) is 5.82 Å². The first-order valence-corrected chi connectivity index (χ1v) is 7.46. The second kappa shape index (κ2) is 6.10. The minimum atomic E-state index is 0.754. The van der Waals surface area contributed by atoms with Gasteiger partial charge in [-0.25, -0.2) is 9.67 Å². The second-order valence-corrected chi connectivity index (χ2v) is 5.66. The Bertz CT molecular complexity index is 721. The van der Waals surface area contributed by atoms with E-state index in [0.29, 0.717) is 0 Å². The molecule has 21 heavy (non-hydrogen) atoms. The fourth-order valence-corrected chi connectivity index (χ4v) is 2.66. The van der Waals surface area contributed by atoms with E-state index in [2.05, 4.69) is 56.5 Å². The Labute approximate surface area is 132 Å². The van der Waals surface area contributed by atoms with Gasteiger partial charge in [0.05, 0.1) is 11.9 Å². The van der Waals surface area contributed by atoms with E-state index >= 15 is 0 Å². The third-order valence-corrected chi connectivity index (χ3v) is 3.92. The van der Waals surface area contributed by atoms with E-state index in [1.165, 1.54) is 11.1 Å². The minimum Gasteiger partial charge on any atom is -0.380 e. The molecule has 0 atom stereocenters. The number of hydrogen-bond donors (Lipinski definition) is 1. The van der Waals surface area contributed by atoms with E-state index in [9.17, 15) is 0 Å². The van der Waals surface area contributed by atoms with Gasteiger partial charge in [-0.3, -0.25) is 0 Å². The summed E-state index contributed by atoms with van der Waals surface area (Å²) >= 11 is 3.59. The molecule has 5 heteroatoms. The summed E-state index contributed by atoms with van der Waals surface area (Å²) in [5.74, 6) is 0.807. The highest BCUT2D eigenvalue weighted by Gasteiger charge is 2.01. The van der Waals surface area contributed by atoms with Gasteiger partial charge in [0.1, 0.15) is 0 Å². The zero-order valence-corrected chi connectivity index (χ0v) is 13.2. The summed E-state index contributed by atoms with van der Waals surface area (Å²) in [7, 11) is 0. The van der Waals surface area contributed by atoms with Crippen molar-refractivity contribution in [1.29, 1.82) is 0 Å². The summed E-state index contributed by atoms with van der Waals surface area (Å²) in [6.45, 7) is 2.84. The summed E-state index contributed by atoms with van der Waals surface area (Å²) < 4.78 is 2.86. The predicted octanol–water partition coefficient (Wildman–Crippen LogP) is 3.95. The molecular formula is C16H15BrN4. The fourth-order valence-electron chi connectivity index (χ4n) is 2.02. The van der Waals surface area contributed by atoms with Crippen LogP contribution >= 0.6 is 15.9 Å². The third kappa shape index (κ3) is 3.31. The molecule has 0 fully saturated rings. The number of anilines is 1. The molecule has 0 bridgehead atoms. The molecule has 0 spiro atoms. The molecule has 106 valence electrons. The van der Waals surface area contributed by atoms with Crippen molar-refractivity contribution in [1.82, 2.24) is 14.8 Å². The second-order valence-electron chi connectivity index (χ2n) is 4.80. The lowest BCUT2D eigenvalue weighted by Crippen LogP contribution is -2.02. The average Bonchev–Trinajstić information content (AvgIpc) is 3.01. The molecule has 3 rings (SSSR count). The molecular weight excluding hydrogens is 328 g/mol. The average molecular weight is 343 g/mol. The molecule has 0 saturated carbocycles. The Kier molecular flexibility index (Phi) is 4.01. The van der Waals surface area contributed by atoms with Crippen LogP contribution in [0.25, 0.3) is 5.82 Å². The van der Waals surface area contributed by atoms with E-state index in [1.807, 2.05) is 30.6 Å². The largest absolute Gasteiger partial charge is 0.380 e. The zero-order chi connectivity index (χ0) is 14.7. The Morgan fingerprint density at radius 3 is 2.81 bits per heavy atom. The number of nitrogens with one attached hydrogen (secondary N) is 1. The zero-order valence-electron chi connectivity index (χ0n) is 11.6. The summed E-state index contributed by atoms with van der Waals surface area (Å²) in [5.41, 5.74) is 3.45. The fraction of sp³-hybridized carbons (Fsp3) is 0.125. The van der Waals surface area contributed by atoms with Crippen LogP contribution in [0, 0.1) is 6.92 Å². The van der Waals surface area contributed by atoms with Crippen LogP contribution in [-0.4, -0.2) is 14.8 Å². The molecule has 0 radical (unpaired) electrons. The molecule has 1 aromatic carbocycles. The van der Waals surface area contributed by atoms with Crippen molar-refractivity contribution in [2.45, 2.75) is 13.5 Å². The highest BCUT2D eigenvalue weighted by Crippen LogP contribution is 2.19. The first kappa shape index (κ1) is 13.8. The van der Waals surface area contributed by atoms with Gasteiger partial charge in [0.2, 0.25) is 0 Å². The number of nitrogens with zero attached hydrogens (tertiary/aromatic N) is 3. The van der Waals surface area contributed by atoms with Gasteiger partial charge in [0.25, 0.3) is 0 Å². The van der Waals surface area contributed by atoms with E-state index in [-0.39, 0.29) is 0 Å². The van der Waals surface area contributed by atoms with Crippen LogP contribution in [0.2, 0.25) is 0 Å². The maximum Gasteiger partial charge on any atom is 0.153 e. The lowest BCUT2D eigenvalue weighted by molar-refractivity contribution is 0.847. The predicted molar refractivity (Wildman–Crippen MR) is 87.6 cm³/mol. The maximum atomic E-state index is 4.40. The quantitative estimate of drug-likeness (QED) is 0.780. The minimum absolute atomic E-state index is 0.754. The van der Waals surface area contributed by atoms with Crippen molar-refractivity contribution in [2.75, 3.05) is 5.32 Å². The van der Waals surface area contributed by atoms with Crippen molar-refractivity contribution in [3.05, 3.63) is 70.6 Å². The number of pyridine rings is 1. The van der Waals surface area contributed by atoms with Crippen molar-refractivity contribution in [3.63, 3.8) is 0 Å². The summed E-state index contributed by atoms with van der Waals surface area (Å²) in [6.07, 6.45) is 5.43. The molecule has 2 aromatic heterocycles.